The fraction of sp³-hybridized carbons (Fsp3) is 0.625. The highest BCUT2D eigenvalue weighted by Gasteiger charge is 2.00. The molecule has 0 unspecified atom stereocenters. The first-order valence-corrected chi connectivity index (χ1v) is 3.87. The summed E-state index contributed by atoms with van der Waals surface area (Å²) >= 11 is 0. The minimum Gasteiger partial charge on any atom is -0.396 e. The lowest BCUT2D eigenvalue weighted by Gasteiger charge is -2.15. The fourth-order valence-electron chi connectivity index (χ4n) is 0.949. The van der Waals surface area contributed by atoms with Gasteiger partial charge < -0.3 is 10.0 Å². The molecule has 1 aliphatic rings. The summed E-state index contributed by atoms with van der Waals surface area (Å²) in [5.41, 5.74) is 1.09. The molecule has 0 aromatic rings. The van der Waals surface area contributed by atoms with E-state index in [2.05, 4.69) is 11.1 Å². The SMILES string of the molecule is CN1C=NC(CCCO)=CC1. The van der Waals surface area contributed by atoms with Gasteiger partial charge in [0.1, 0.15) is 0 Å². The Bertz CT molecular complexity index is 175. The van der Waals surface area contributed by atoms with Gasteiger partial charge >= 0.3 is 0 Å². The van der Waals surface area contributed by atoms with Crippen molar-refractivity contribution in [3.63, 3.8) is 0 Å². The number of allylic oxidation sites excluding steroid dienone is 1. The Hall–Kier alpha value is -0.830. The third-order valence-corrected chi connectivity index (χ3v) is 1.63. The van der Waals surface area contributed by atoms with Gasteiger partial charge in [0.25, 0.3) is 0 Å². The standard InChI is InChI=1S/C8H14N2O/c1-10-5-4-8(9-7-10)3-2-6-11/h4,7,11H,2-3,5-6H2,1H3. The van der Waals surface area contributed by atoms with Crippen LogP contribution in [-0.2, 0) is 0 Å². The van der Waals surface area contributed by atoms with E-state index in [9.17, 15) is 0 Å². The number of likely N-dealkylation sites (N-methyl/N-ethyl adjacent to an activating group) is 1. The van der Waals surface area contributed by atoms with E-state index in [4.69, 9.17) is 5.11 Å². The molecule has 1 N–H and O–H groups in total. The Kier molecular flexibility index (Phi) is 3.11. The Labute approximate surface area is 67.0 Å². The van der Waals surface area contributed by atoms with Crippen LogP contribution >= 0.6 is 0 Å². The molecule has 1 heterocycles. The highest BCUT2D eigenvalue weighted by molar-refractivity contribution is 5.58. The molecule has 0 aromatic heterocycles. The minimum atomic E-state index is 0.253. The Morgan fingerprint density at radius 2 is 2.55 bits per heavy atom. The molecule has 0 fully saturated rings. The van der Waals surface area contributed by atoms with Gasteiger partial charge in [-0.3, -0.25) is 0 Å². The highest BCUT2D eigenvalue weighted by Crippen LogP contribution is 2.08. The highest BCUT2D eigenvalue weighted by atomic mass is 16.2. The lowest BCUT2D eigenvalue weighted by Crippen LogP contribution is -2.19. The summed E-state index contributed by atoms with van der Waals surface area (Å²) in [6.07, 6.45) is 5.62. The van der Waals surface area contributed by atoms with Gasteiger partial charge in [-0.25, -0.2) is 4.99 Å². The fourth-order valence-corrected chi connectivity index (χ4v) is 0.949. The number of rotatable bonds is 3. The molecule has 0 radical (unpaired) electrons. The van der Waals surface area contributed by atoms with Crippen molar-refractivity contribution in [3.8, 4) is 0 Å². The van der Waals surface area contributed by atoms with Crippen LogP contribution in [0, 0.1) is 0 Å². The van der Waals surface area contributed by atoms with Gasteiger partial charge in [-0.05, 0) is 18.9 Å². The monoisotopic (exact) mass is 154 g/mol. The van der Waals surface area contributed by atoms with Crippen molar-refractivity contribution in [2.45, 2.75) is 12.8 Å². The van der Waals surface area contributed by atoms with Crippen molar-refractivity contribution in [3.05, 3.63) is 11.8 Å². The van der Waals surface area contributed by atoms with E-state index in [1.165, 1.54) is 0 Å². The van der Waals surface area contributed by atoms with Crippen LogP contribution in [0.5, 0.6) is 0 Å². The molecular formula is C8H14N2O. The van der Waals surface area contributed by atoms with Crippen molar-refractivity contribution in [1.82, 2.24) is 4.90 Å². The summed E-state index contributed by atoms with van der Waals surface area (Å²) in [6, 6.07) is 0. The zero-order chi connectivity index (χ0) is 8.10. The molecule has 0 saturated heterocycles. The van der Waals surface area contributed by atoms with Crippen molar-refractivity contribution in [1.29, 1.82) is 0 Å². The maximum absolute atomic E-state index is 8.56. The summed E-state index contributed by atoms with van der Waals surface area (Å²) < 4.78 is 0. The van der Waals surface area contributed by atoms with Gasteiger partial charge in [0.2, 0.25) is 0 Å². The van der Waals surface area contributed by atoms with Gasteiger partial charge in [0.05, 0.1) is 6.34 Å². The quantitative estimate of drug-likeness (QED) is 0.646. The van der Waals surface area contributed by atoms with Gasteiger partial charge in [-0.1, -0.05) is 0 Å². The second-order valence-corrected chi connectivity index (χ2v) is 2.71. The first-order chi connectivity index (χ1) is 5.33. The second kappa shape index (κ2) is 4.13. The van der Waals surface area contributed by atoms with Crippen molar-refractivity contribution in [2.75, 3.05) is 20.2 Å². The molecular weight excluding hydrogens is 140 g/mol. The van der Waals surface area contributed by atoms with Crippen LogP contribution in [0.1, 0.15) is 12.8 Å². The average Bonchev–Trinajstić information content (AvgIpc) is 2.04. The van der Waals surface area contributed by atoms with Crippen LogP contribution in [0.2, 0.25) is 0 Å². The van der Waals surface area contributed by atoms with E-state index in [1.54, 1.807) is 0 Å². The molecule has 11 heavy (non-hydrogen) atoms. The maximum atomic E-state index is 8.56. The summed E-state index contributed by atoms with van der Waals surface area (Å²) in [5, 5.41) is 8.56. The predicted octanol–water partition coefficient (Wildman–Crippen LogP) is 0.617. The normalized spacial score (nSPS) is 16.9. The molecule has 0 atom stereocenters. The van der Waals surface area contributed by atoms with Crippen LogP contribution in [0.15, 0.2) is 16.8 Å². The van der Waals surface area contributed by atoms with Crippen LogP contribution in [-0.4, -0.2) is 36.5 Å². The molecule has 0 aliphatic carbocycles. The van der Waals surface area contributed by atoms with E-state index in [1.807, 2.05) is 18.3 Å². The molecule has 3 heteroatoms. The van der Waals surface area contributed by atoms with Crippen LogP contribution in [0.3, 0.4) is 0 Å². The van der Waals surface area contributed by atoms with Gasteiger partial charge in [0.15, 0.2) is 0 Å². The van der Waals surface area contributed by atoms with E-state index in [0.29, 0.717) is 0 Å². The van der Waals surface area contributed by atoms with Crippen LogP contribution in [0.25, 0.3) is 0 Å². The Morgan fingerprint density at radius 3 is 3.09 bits per heavy atom. The molecule has 1 rings (SSSR count). The minimum absolute atomic E-state index is 0.253. The Morgan fingerprint density at radius 1 is 1.73 bits per heavy atom. The zero-order valence-corrected chi connectivity index (χ0v) is 6.82. The van der Waals surface area contributed by atoms with Crippen LogP contribution in [0.4, 0.5) is 0 Å². The number of aliphatic imine (C=N–C) groups is 1. The average molecular weight is 154 g/mol. The van der Waals surface area contributed by atoms with Crippen LogP contribution < -0.4 is 0 Å². The molecule has 0 bridgehead atoms. The number of hydrogen-bond donors (Lipinski definition) is 1. The van der Waals surface area contributed by atoms with Gasteiger partial charge in [-0.15, -0.1) is 0 Å². The van der Waals surface area contributed by atoms with Crippen molar-refractivity contribution in [2.24, 2.45) is 4.99 Å². The lowest BCUT2D eigenvalue weighted by atomic mass is 10.2. The smallest absolute Gasteiger partial charge is 0.0908 e. The van der Waals surface area contributed by atoms with E-state index < -0.39 is 0 Å². The molecule has 0 amide bonds. The third kappa shape index (κ3) is 2.72. The molecule has 0 saturated carbocycles. The largest absolute Gasteiger partial charge is 0.396 e. The molecule has 3 nitrogen and oxygen atoms in total. The van der Waals surface area contributed by atoms with Gasteiger partial charge in [0, 0.05) is 25.9 Å². The summed E-state index contributed by atoms with van der Waals surface area (Å²) in [4.78, 5) is 6.22. The summed E-state index contributed by atoms with van der Waals surface area (Å²) in [6.45, 7) is 1.19. The third-order valence-electron chi connectivity index (χ3n) is 1.63. The summed E-state index contributed by atoms with van der Waals surface area (Å²) in [5.74, 6) is 0. The summed E-state index contributed by atoms with van der Waals surface area (Å²) in [7, 11) is 1.99. The molecule has 62 valence electrons. The van der Waals surface area contributed by atoms with Gasteiger partial charge in [-0.2, -0.15) is 0 Å². The number of aliphatic hydroxyl groups is 1. The number of hydrogen-bond acceptors (Lipinski definition) is 3. The van der Waals surface area contributed by atoms with E-state index in [-0.39, 0.29) is 6.61 Å². The maximum Gasteiger partial charge on any atom is 0.0908 e. The first-order valence-electron chi connectivity index (χ1n) is 3.87. The predicted molar refractivity (Wildman–Crippen MR) is 45.5 cm³/mol. The second-order valence-electron chi connectivity index (χ2n) is 2.71. The van der Waals surface area contributed by atoms with E-state index in [0.717, 1.165) is 25.1 Å². The van der Waals surface area contributed by atoms with Crippen molar-refractivity contribution >= 4 is 6.34 Å². The zero-order valence-electron chi connectivity index (χ0n) is 6.82. The van der Waals surface area contributed by atoms with E-state index >= 15 is 0 Å². The Balaban J connectivity index is 2.31. The molecule has 0 spiro atoms. The lowest BCUT2D eigenvalue weighted by molar-refractivity contribution is 0.288. The molecule has 0 aromatic carbocycles. The number of aliphatic hydroxyl groups excluding tert-OH is 1. The topological polar surface area (TPSA) is 35.8 Å². The van der Waals surface area contributed by atoms with Crippen molar-refractivity contribution < 1.29 is 5.11 Å². The molecule has 1 aliphatic heterocycles. The number of nitrogens with zero attached hydrogens (tertiary/aromatic N) is 2. The first kappa shape index (κ1) is 8.27.